The summed E-state index contributed by atoms with van der Waals surface area (Å²) >= 11 is 9.12. The first-order valence-corrected chi connectivity index (χ1v) is 5.92. The first kappa shape index (κ1) is 11.5. The van der Waals surface area contributed by atoms with Gasteiger partial charge in [-0.3, -0.25) is 0 Å². The van der Waals surface area contributed by atoms with E-state index < -0.39 is 0 Å². The maximum Gasteiger partial charge on any atom is 0.143 e. The SMILES string of the molecule is Cc1ccc(CNc2cnc(Cl)c(Br)c2)o1. The van der Waals surface area contributed by atoms with Gasteiger partial charge < -0.3 is 9.73 Å². The zero-order valence-corrected chi connectivity index (χ0v) is 11.0. The number of pyridine rings is 1. The molecule has 0 bridgehead atoms. The summed E-state index contributed by atoms with van der Waals surface area (Å²) in [6, 6.07) is 5.76. The van der Waals surface area contributed by atoms with Crippen LogP contribution in [-0.2, 0) is 6.54 Å². The van der Waals surface area contributed by atoms with Gasteiger partial charge in [0.15, 0.2) is 0 Å². The Bertz CT molecular complexity index is 498. The van der Waals surface area contributed by atoms with Gasteiger partial charge in [0.1, 0.15) is 16.7 Å². The summed E-state index contributed by atoms with van der Waals surface area (Å²) in [5.41, 5.74) is 0.894. The second kappa shape index (κ2) is 4.89. The molecule has 0 aliphatic heterocycles. The first-order valence-electron chi connectivity index (χ1n) is 4.75. The molecule has 0 amide bonds. The summed E-state index contributed by atoms with van der Waals surface area (Å²) in [5.74, 6) is 1.80. The molecule has 84 valence electrons. The molecule has 0 saturated heterocycles. The van der Waals surface area contributed by atoms with Crippen LogP contribution >= 0.6 is 27.5 Å². The molecular weight excluding hydrogens is 291 g/mol. The lowest BCUT2D eigenvalue weighted by Crippen LogP contribution is -1.98. The van der Waals surface area contributed by atoms with E-state index >= 15 is 0 Å². The average Bonchev–Trinajstić information content (AvgIpc) is 2.66. The number of anilines is 1. The monoisotopic (exact) mass is 300 g/mol. The highest BCUT2D eigenvalue weighted by Gasteiger charge is 2.02. The third-order valence-electron chi connectivity index (χ3n) is 2.06. The van der Waals surface area contributed by atoms with Crippen LogP contribution in [0, 0.1) is 6.92 Å². The number of halogens is 2. The van der Waals surface area contributed by atoms with Crippen molar-refractivity contribution in [3.63, 3.8) is 0 Å². The minimum atomic E-state index is 0.458. The minimum Gasteiger partial charge on any atom is -0.465 e. The number of hydrogen-bond acceptors (Lipinski definition) is 3. The molecule has 2 aromatic heterocycles. The second-order valence-corrected chi connectivity index (χ2v) is 4.57. The highest BCUT2D eigenvalue weighted by atomic mass is 79.9. The van der Waals surface area contributed by atoms with Crippen molar-refractivity contribution in [1.29, 1.82) is 0 Å². The molecule has 0 atom stereocenters. The van der Waals surface area contributed by atoms with Crippen molar-refractivity contribution in [3.8, 4) is 0 Å². The quantitative estimate of drug-likeness (QED) is 0.870. The summed E-state index contributed by atoms with van der Waals surface area (Å²) in [6.45, 7) is 2.55. The van der Waals surface area contributed by atoms with Crippen molar-refractivity contribution in [1.82, 2.24) is 4.98 Å². The molecular formula is C11H10BrClN2O. The topological polar surface area (TPSA) is 38.1 Å². The minimum absolute atomic E-state index is 0.458. The van der Waals surface area contributed by atoms with E-state index in [0.29, 0.717) is 11.7 Å². The molecule has 0 aliphatic rings. The lowest BCUT2D eigenvalue weighted by Gasteiger charge is -2.04. The van der Waals surface area contributed by atoms with Crippen molar-refractivity contribution < 1.29 is 4.42 Å². The number of nitrogens with one attached hydrogen (secondary N) is 1. The lowest BCUT2D eigenvalue weighted by atomic mass is 10.4. The molecule has 0 radical (unpaired) electrons. The summed E-state index contributed by atoms with van der Waals surface area (Å²) < 4.78 is 6.21. The number of nitrogens with zero attached hydrogens (tertiary/aromatic N) is 1. The molecule has 16 heavy (non-hydrogen) atoms. The Hall–Kier alpha value is -1.00. The van der Waals surface area contributed by atoms with E-state index in [0.717, 1.165) is 21.7 Å². The van der Waals surface area contributed by atoms with Crippen LogP contribution in [0.1, 0.15) is 11.5 Å². The number of rotatable bonds is 3. The van der Waals surface area contributed by atoms with Gasteiger partial charge in [0.2, 0.25) is 0 Å². The highest BCUT2D eigenvalue weighted by Crippen LogP contribution is 2.23. The van der Waals surface area contributed by atoms with Gasteiger partial charge in [-0.05, 0) is 41.1 Å². The van der Waals surface area contributed by atoms with Crippen molar-refractivity contribution >= 4 is 33.2 Å². The molecule has 0 unspecified atom stereocenters. The van der Waals surface area contributed by atoms with Gasteiger partial charge in [-0.15, -0.1) is 0 Å². The van der Waals surface area contributed by atoms with Crippen LogP contribution < -0.4 is 5.32 Å². The second-order valence-electron chi connectivity index (χ2n) is 3.36. The smallest absolute Gasteiger partial charge is 0.143 e. The number of aryl methyl sites for hydroxylation is 1. The molecule has 3 nitrogen and oxygen atoms in total. The number of aromatic nitrogens is 1. The molecule has 5 heteroatoms. The number of furan rings is 1. The Morgan fingerprint density at radius 1 is 1.50 bits per heavy atom. The summed E-state index contributed by atoms with van der Waals surface area (Å²) in [5, 5.41) is 3.66. The van der Waals surface area contributed by atoms with E-state index in [-0.39, 0.29) is 0 Å². The zero-order chi connectivity index (χ0) is 11.5. The van der Waals surface area contributed by atoms with Gasteiger partial charge in [0.05, 0.1) is 22.9 Å². The largest absolute Gasteiger partial charge is 0.465 e. The average molecular weight is 302 g/mol. The zero-order valence-electron chi connectivity index (χ0n) is 8.63. The lowest BCUT2D eigenvalue weighted by molar-refractivity contribution is 0.490. The van der Waals surface area contributed by atoms with Crippen molar-refractivity contribution in [2.24, 2.45) is 0 Å². The summed E-state index contributed by atoms with van der Waals surface area (Å²) in [4.78, 5) is 4.02. The molecule has 0 fully saturated rings. The predicted molar refractivity (Wildman–Crippen MR) is 67.7 cm³/mol. The molecule has 0 saturated carbocycles. The van der Waals surface area contributed by atoms with E-state index in [1.165, 1.54) is 0 Å². The Labute approximate surface area is 107 Å². The summed E-state index contributed by atoms with van der Waals surface area (Å²) in [6.07, 6.45) is 1.68. The van der Waals surface area contributed by atoms with E-state index in [2.05, 4.69) is 26.2 Å². The van der Waals surface area contributed by atoms with E-state index in [1.54, 1.807) is 6.20 Å². The maximum absolute atomic E-state index is 5.80. The van der Waals surface area contributed by atoms with Crippen LogP contribution in [0.25, 0.3) is 0 Å². The van der Waals surface area contributed by atoms with Crippen LogP contribution in [0.5, 0.6) is 0 Å². The van der Waals surface area contributed by atoms with Crippen molar-refractivity contribution in [2.45, 2.75) is 13.5 Å². The Morgan fingerprint density at radius 3 is 2.94 bits per heavy atom. The van der Waals surface area contributed by atoms with E-state index in [1.807, 2.05) is 25.1 Å². The predicted octanol–water partition coefficient (Wildman–Crippen LogP) is 4.01. The molecule has 0 aromatic carbocycles. The molecule has 2 heterocycles. The molecule has 0 spiro atoms. The Kier molecular flexibility index (Phi) is 3.51. The third kappa shape index (κ3) is 2.77. The van der Waals surface area contributed by atoms with E-state index in [9.17, 15) is 0 Å². The van der Waals surface area contributed by atoms with Crippen LogP contribution in [0.2, 0.25) is 5.15 Å². The fraction of sp³-hybridized carbons (Fsp3) is 0.182. The fourth-order valence-electron chi connectivity index (χ4n) is 1.29. The van der Waals surface area contributed by atoms with Crippen LogP contribution in [0.3, 0.4) is 0 Å². The van der Waals surface area contributed by atoms with Gasteiger partial charge >= 0.3 is 0 Å². The fourth-order valence-corrected chi connectivity index (χ4v) is 1.74. The third-order valence-corrected chi connectivity index (χ3v) is 3.19. The van der Waals surface area contributed by atoms with Crippen LogP contribution in [-0.4, -0.2) is 4.98 Å². The first-order chi connectivity index (χ1) is 7.65. The molecule has 2 aromatic rings. The normalized spacial score (nSPS) is 10.4. The van der Waals surface area contributed by atoms with Gasteiger partial charge in [0, 0.05) is 0 Å². The maximum atomic E-state index is 5.80. The Balaban J connectivity index is 2.02. The molecule has 1 N–H and O–H groups in total. The summed E-state index contributed by atoms with van der Waals surface area (Å²) in [7, 11) is 0. The molecule has 0 aliphatic carbocycles. The highest BCUT2D eigenvalue weighted by molar-refractivity contribution is 9.10. The van der Waals surface area contributed by atoms with Gasteiger partial charge in [-0.2, -0.15) is 0 Å². The van der Waals surface area contributed by atoms with Crippen LogP contribution in [0.4, 0.5) is 5.69 Å². The standard InChI is InChI=1S/C11H10BrClN2O/c1-7-2-3-9(16-7)6-14-8-4-10(12)11(13)15-5-8/h2-5,14H,6H2,1H3. The van der Waals surface area contributed by atoms with E-state index in [4.69, 9.17) is 16.0 Å². The van der Waals surface area contributed by atoms with Crippen molar-refractivity contribution in [2.75, 3.05) is 5.32 Å². The Morgan fingerprint density at radius 2 is 2.31 bits per heavy atom. The van der Waals surface area contributed by atoms with Gasteiger partial charge in [-0.1, -0.05) is 11.6 Å². The molecule has 2 rings (SSSR count). The number of hydrogen-bond donors (Lipinski definition) is 1. The van der Waals surface area contributed by atoms with Crippen LogP contribution in [0.15, 0.2) is 33.3 Å². The van der Waals surface area contributed by atoms with Crippen molar-refractivity contribution in [3.05, 3.63) is 45.5 Å². The van der Waals surface area contributed by atoms with Gasteiger partial charge in [0.25, 0.3) is 0 Å². The van der Waals surface area contributed by atoms with Gasteiger partial charge in [-0.25, -0.2) is 4.98 Å².